The molecule has 0 radical (unpaired) electrons. The van der Waals surface area contributed by atoms with Gasteiger partial charge in [0.25, 0.3) is 11.8 Å². The number of benzene rings is 1. The van der Waals surface area contributed by atoms with Crippen molar-refractivity contribution in [3.63, 3.8) is 0 Å². The summed E-state index contributed by atoms with van der Waals surface area (Å²) in [5.41, 5.74) is 7.55. The molecule has 2 N–H and O–H groups in total. The molecular formula is C37H49N5O4. The lowest BCUT2D eigenvalue weighted by Crippen LogP contribution is -2.44. The fourth-order valence-electron chi connectivity index (χ4n) is 7.10. The molecule has 5 rings (SSSR count). The summed E-state index contributed by atoms with van der Waals surface area (Å²) in [5.74, 6) is -0.836. The zero-order valence-electron chi connectivity index (χ0n) is 28.0. The average molecular weight is 628 g/mol. The van der Waals surface area contributed by atoms with Crippen molar-refractivity contribution in [2.45, 2.75) is 78.8 Å². The van der Waals surface area contributed by atoms with E-state index in [-0.39, 0.29) is 30.3 Å². The Kier molecular flexibility index (Phi) is 10.9. The number of amides is 3. The van der Waals surface area contributed by atoms with Gasteiger partial charge in [-0.2, -0.15) is 0 Å². The number of ether oxygens (including phenoxy) is 1. The Labute approximate surface area is 273 Å². The highest BCUT2D eigenvalue weighted by Gasteiger charge is 2.29. The zero-order chi connectivity index (χ0) is 32.8. The molecule has 1 saturated heterocycles. The fourth-order valence-corrected chi connectivity index (χ4v) is 7.10. The largest absolute Gasteiger partial charge is 0.378 e. The summed E-state index contributed by atoms with van der Waals surface area (Å²) in [4.78, 5) is 47.0. The molecule has 1 atom stereocenters. The van der Waals surface area contributed by atoms with Crippen LogP contribution in [-0.4, -0.2) is 79.8 Å². The van der Waals surface area contributed by atoms with Gasteiger partial charge in [-0.05, 0) is 100 Å². The van der Waals surface area contributed by atoms with Crippen molar-refractivity contribution < 1.29 is 19.1 Å². The van der Waals surface area contributed by atoms with Crippen molar-refractivity contribution in [1.29, 1.82) is 0 Å². The van der Waals surface area contributed by atoms with Crippen LogP contribution in [0.2, 0.25) is 0 Å². The van der Waals surface area contributed by atoms with Crippen molar-refractivity contribution in [3.05, 3.63) is 70.5 Å². The summed E-state index contributed by atoms with van der Waals surface area (Å²) in [7, 11) is 0. The predicted octanol–water partition coefficient (Wildman–Crippen LogP) is 5.12. The molecule has 2 aliphatic heterocycles. The second-order valence-corrected chi connectivity index (χ2v) is 13.0. The van der Waals surface area contributed by atoms with Gasteiger partial charge in [-0.25, -0.2) is 4.99 Å². The van der Waals surface area contributed by atoms with Crippen LogP contribution in [0.25, 0.3) is 5.57 Å². The molecule has 2 aliphatic carbocycles. The van der Waals surface area contributed by atoms with E-state index < -0.39 is 5.92 Å². The van der Waals surface area contributed by atoms with E-state index in [9.17, 15) is 14.4 Å². The number of morpholine rings is 1. The molecule has 0 bridgehead atoms. The number of carbonyl (C=O) groups excluding carboxylic acids is 3. The van der Waals surface area contributed by atoms with Gasteiger partial charge in [0.15, 0.2) is 0 Å². The molecule has 1 saturated carbocycles. The van der Waals surface area contributed by atoms with E-state index >= 15 is 0 Å². The highest BCUT2D eigenvalue weighted by molar-refractivity contribution is 6.06. The third kappa shape index (κ3) is 8.05. The van der Waals surface area contributed by atoms with Crippen LogP contribution in [0.4, 0.5) is 5.69 Å². The number of rotatable bonds is 9. The lowest BCUT2D eigenvalue weighted by molar-refractivity contribution is -0.121. The van der Waals surface area contributed by atoms with Crippen LogP contribution in [0.15, 0.2) is 58.8 Å². The summed E-state index contributed by atoms with van der Waals surface area (Å²) < 4.78 is 5.49. The first-order chi connectivity index (χ1) is 22.1. The van der Waals surface area contributed by atoms with E-state index in [1.165, 1.54) is 5.57 Å². The van der Waals surface area contributed by atoms with E-state index in [1.807, 2.05) is 32.9 Å². The van der Waals surface area contributed by atoms with E-state index in [0.29, 0.717) is 17.3 Å². The lowest BCUT2D eigenvalue weighted by atomic mass is 9.88. The standard InChI is InChI=1S/C37H49N5O4/c1-6-42(32-13-11-31(12-14-32)40-27(5)43)35-21-30(29-9-7-28(8-10-29)23-41-15-17-46-18-16-41)20-33(26(35)4)36(44)38-22-34-24(2)19-25(3)39-37(34)45/h7,9-10,19-21,23,31-32,34H,6,8,11-18,22H2,1-5H3,(H,38,44)(H,40,43)/b28-23+. The first kappa shape index (κ1) is 33.4. The molecule has 46 heavy (non-hydrogen) atoms. The van der Waals surface area contributed by atoms with Crippen molar-refractivity contribution in [2.75, 3.05) is 44.3 Å². The minimum absolute atomic E-state index is 0.0225. The van der Waals surface area contributed by atoms with Gasteiger partial charge in [0.2, 0.25) is 5.91 Å². The topological polar surface area (TPSA) is 103 Å². The highest BCUT2D eigenvalue weighted by Crippen LogP contribution is 2.35. The molecule has 3 amide bonds. The van der Waals surface area contributed by atoms with E-state index in [4.69, 9.17) is 4.74 Å². The normalized spacial score (nSPS) is 24.2. The van der Waals surface area contributed by atoms with Gasteiger partial charge in [0.05, 0.1) is 19.1 Å². The first-order valence-electron chi connectivity index (χ1n) is 16.8. The first-order valence-corrected chi connectivity index (χ1v) is 16.8. The number of aliphatic imine (C=N–C) groups is 1. The number of allylic oxidation sites excluding steroid dienone is 6. The van der Waals surface area contributed by atoms with Crippen LogP contribution in [0.5, 0.6) is 0 Å². The molecule has 0 aromatic heterocycles. The second kappa shape index (κ2) is 15.1. The quantitative estimate of drug-likeness (QED) is 0.394. The van der Waals surface area contributed by atoms with Crippen molar-refractivity contribution in [1.82, 2.24) is 15.5 Å². The van der Waals surface area contributed by atoms with Crippen LogP contribution in [0, 0.1) is 12.8 Å². The highest BCUT2D eigenvalue weighted by atomic mass is 16.5. The van der Waals surface area contributed by atoms with E-state index in [2.05, 4.69) is 62.8 Å². The second-order valence-electron chi connectivity index (χ2n) is 13.0. The Morgan fingerprint density at radius 3 is 2.46 bits per heavy atom. The molecule has 1 aromatic rings. The third-order valence-electron chi connectivity index (χ3n) is 9.62. The zero-order valence-corrected chi connectivity index (χ0v) is 28.0. The molecule has 9 heteroatoms. The summed E-state index contributed by atoms with van der Waals surface area (Å²) in [6, 6.07) is 4.76. The van der Waals surface area contributed by atoms with Crippen molar-refractivity contribution >= 4 is 34.7 Å². The molecule has 2 heterocycles. The Bertz CT molecular complexity index is 1490. The summed E-state index contributed by atoms with van der Waals surface area (Å²) in [6.45, 7) is 13.8. The van der Waals surface area contributed by atoms with Gasteiger partial charge in [-0.15, -0.1) is 0 Å². The number of nitrogens with zero attached hydrogens (tertiary/aromatic N) is 3. The number of anilines is 1. The number of hydrogen-bond acceptors (Lipinski definition) is 6. The van der Waals surface area contributed by atoms with Crippen molar-refractivity contribution in [3.8, 4) is 0 Å². The molecule has 4 aliphatic rings. The van der Waals surface area contributed by atoms with Gasteiger partial charge >= 0.3 is 0 Å². The fraction of sp³-hybridized carbons (Fsp3) is 0.514. The van der Waals surface area contributed by atoms with E-state index in [1.54, 1.807) is 6.92 Å². The van der Waals surface area contributed by atoms with Crippen LogP contribution >= 0.6 is 0 Å². The monoisotopic (exact) mass is 627 g/mol. The summed E-state index contributed by atoms with van der Waals surface area (Å²) in [5, 5.41) is 6.15. The number of hydrogen-bond donors (Lipinski definition) is 2. The minimum atomic E-state index is -0.456. The van der Waals surface area contributed by atoms with Gasteiger partial charge in [-0.1, -0.05) is 23.8 Å². The Morgan fingerprint density at radius 1 is 1.09 bits per heavy atom. The van der Waals surface area contributed by atoms with Crippen LogP contribution in [0.3, 0.4) is 0 Å². The Hall–Kier alpha value is -3.98. The van der Waals surface area contributed by atoms with Gasteiger partial charge in [-0.3, -0.25) is 14.4 Å². The summed E-state index contributed by atoms with van der Waals surface area (Å²) >= 11 is 0. The van der Waals surface area contributed by atoms with Gasteiger partial charge < -0.3 is 25.2 Å². The van der Waals surface area contributed by atoms with E-state index in [0.717, 1.165) is 92.9 Å². The minimum Gasteiger partial charge on any atom is -0.378 e. The Balaban J connectivity index is 1.42. The van der Waals surface area contributed by atoms with Gasteiger partial charge in [0, 0.05) is 68.3 Å². The van der Waals surface area contributed by atoms with Crippen LogP contribution in [0.1, 0.15) is 81.3 Å². The number of carbonyl (C=O) groups is 3. The maximum Gasteiger partial charge on any atom is 0.254 e. The molecule has 2 fully saturated rings. The molecule has 9 nitrogen and oxygen atoms in total. The van der Waals surface area contributed by atoms with Gasteiger partial charge in [0.1, 0.15) is 0 Å². The number of nitrogens with one attached hydrogen (secondary N) is 2. The maximum absolute atomic E-state index is 13.9. The summed E-state index contributed by atoms with van der Waals surface area (Å²) in [6.07, 6.45) is 15.3. The number of dihydropyridines is 1. The molecule has 1 aromatic carbocycles. The third-order valence-corrected chi connectivity index (χ3v) is 9.62. The average Bonchev–Trinajstić information content (AvgIpc) is 3.03. The molecule has 246 valence electrons. The smallest absolute Gasteiger partial charge is 0.254 e. The lowest BCUT2D eigenvalue weighted by Gasteiger charge is -2.39. The Morgan fingerprint density at radius 2 is 1.83 bits per heavy atom. The van der Waals surface area contributed by atoms with Crippen molar-refractivity contribution in [2.24, 2.45) is 10.9 Å². The predicted molar refractivity (Wildman–Crippen MR) is 184 cm³/mol. The molecule has 1 unspecified atom stereocenters. The van der Waals surface area contributed by atoms with Crippen LogP contribution in [-0.2, 0) is 14.3 Å². The maximum atomic E-state index is 13.9. The SMILES string of the molecule is CCN(c1cc(C2=CC/C(=C/N3CCOCC3)C=C2)cc(C(=O)NCC2C(=O)N=C(C)C=C2C)c1C)C1CCC(NC(C)=O)CC1. The van der Waals surface area contributed by atoms with Crippen LogP contribution < -0.4 is 15.5 Å². The molecule has 0 spiro atoms. The molecular weight excluding hydrogens is 578 g/mol.